The van der Waals surface area contributed by atoms with Crippen LogP contribution in [0.25, 0.3) is 0 Å². The molecule has 2 rings (SSSR count). The van der Waals surface area contributed by atoms with Gasteiger partial charge in [0, 0.05) is 0 Å². The molecule has 2 aromatic rings. The van der Waals surface area contributed by atoms with Crippen LogP contribution in [0.15, 0.2) is 23.0 Å². The van der Waals surface area contributed by atoms with Crippen molar-refractivity contribution < 1.29 is 0 Å². The molecule has 102 valence electrons. The highest BCUT2D eigenvalue weighted by Crippen LogP contribution is 2.12. The molecule has 0 radical (unpaired) electrons. The first-order valence-corrected chi connectivity index (χ1v) is 6.48. The number of aryl methyl sites for hydroxylation is 3. The Labute approximate surface area is 118 Å². The highest BCUT2D eigenvalue weighted by Gasteiger charge is 2.12. The van der Waals surface area contributed by atoms with Crippen molar-refractivity contribution in [1.82, 2.24) is 9.78 Å². The van der Waals surface area contributed by atoms with E-state index < -0.39 is 0 Å². The van der Waals surface area contributed by atoms with Gasteiger partial charge in [0.05, 0.1) is 12.2 Å². The zero-order valence-electron chi connectivity index (χ0n) is 12.2. The van der Waals surface area contributed by atoms with Crippen LogP contribution in [0.4, 0.5) is 0 Å². The number of benzene rings is 1. The van der Waals surface area contributed by atoms with E-state index in [4.69, 9.17) is 5.26 Å². The first-order valence-electron chi connectivity index (χ1n) is 6.48. The zero-order valence-corrected chi connectivity index (χ0v) is 12.2. The summed E-state index contributed by atoms with van der Waals surface area (Å²) in [6.45, 7) is 7.98. The van der Waals surface area contributed by atoms with E-state index in [0.717, 1.165) is 16.7 Å². The topological polar surface area (TPSA) is 58.7 Å². The molecule has 0 bridgehead atoms. The molecule has 0 saturated heterocycles. The first kappa shape index (κ1) is 14.0. The van der Waals surface area contributed by atoms with E-state index in [2.05, 4.69) is 5.10 Å². The summed E-state index contributed by atoms with van der Waals surface area (Å²) < 4.78 is 1.38. The summed E-state index contributed by atoms with van der Waals surface area (Å²) in [7, 11) is 0. The summed E-state index contributed by atoms with van der Waals surface area (Å²) in [5.74, 6) is 0. The van der Waals surface area contributed by atoms with Gasteiger partial charge >= 0.3 is 0 Å². The molecule has 0 unspecified atom stereocenters. The van der Waals surface area contributed by atoms with Gasteiger partial charge in [-0.2, -0.15) is 10.4 Å². The number of nitrogens with zero attached hydrogens (tertiary/aromatic N) is 3. The number of hydrogen-bond donors (Lipinski definition) is 0. The van der Waals surface area contributed by atoms with Gasteiger partial charge in [-0.1, -0.05) is 23.8 Å². The molecule has 1 aromatic heterocycles. The minimum absolute atomic E-state index is 0.183. The molecule has 0 fully saturated rings. The molecular weight excluding hydrogens is 250 g/mol. The second kappa shape index (κ2) is 5.30. The summed E-state index contributed by atoms with van der Waals surface area (Å²) >= 11 is 0. The lowest BCUT2D eigenvalue weighted by Gasteiger charge is -2.11. The second-order valence-corrected chi connectivity index (χ2v) is 5.09. The Morgan fingerprint density at radius 1 is 1.25 bits per heavy atom. The zero-order chi connectivity index (χ0) is 14.9. The van der Waals surface area contributed by atoms with Crippen LogP contribution in [0.1, 0.15) is 33.5 Å². The monoisotopic (exact) mass is 267 g/mol. The van der Waals surface area contributed by atoms with E-state index >= 15 is 0 Å². The quantitative estimate of drug-likeness (QED) is 0.839. The van der Waals surface area contributed by atoms with Crippen molar-refractivity contribution in [1.29, 1.82) is 5.26 Å². The third kappa shape index (κ3) is 2.48. The number of nitriles is 1. The van der Waals surface area contributed by atoms with Gasteiger partial charge in [0.15, 0.2) is 0 Å². The Morgan fingerprint density at radius 3 is 2.60 bits per heavy atom. The van der Waals surface area contributed by atoms with Crippen molar-refractivity contribution in [2.24, 2.45) is 0 Å². The lowest BCUT2D eigenvalue weighted by molar-refractivity contribution is 0.620. The molecule has 0 amide bonds. The summed E-state index contributed by atoms with van der Waals surface area (Å²) in [5, 5.41) is 13.4. The molecule has 0 atom stereocenters. The highest BCUT2D eigenvalue weighted by molar-refractivity contribution is 5.37. The molecule has 4 nitrogen and oxygen atoms in total. The van der Waals surface area contributed by atoms with Gasteiger partial charge in [0.25, 0.3) is 5.56 Å². The fourth-order valence-corrected chi connectivity index (χ4v) is 2.14. The summed E-state index contributed by atoms with van der Waals surface area (Å²) in [6.07, 6.45) is 0. The lowest BCUT2D eigenvalue weighted by atomic mass is 10.1. The van der Waals surface area contributed by atoms with Crippen LogP contribution in [0.5, 0.6) is 0 Å². The first-order chi connectivity index (χ1) is 9.43. The van der Waals surface area contributed by atoms with Crippen LogP contribution in [0.3, 0.4) is 0 Å². The lowest BCUT2D eigenvalue weighted by Crippen LogP contribution is -2.28. The molecule has 0 saturated carbocycles. The molecule has 0 N–H and O–H groups in total. The predicted octanol–water partition coefficient (Wildman–Crippen LogP) is 2.40. The Balaban J connectivity index is 2.55. The fourth-order valence-electron chi connectivity index (χ4n) is 2.14. The van der Waals surface area contributed by atoms with Gasteiger partial charge in [-0.25, -0.2) is 4.68 Å². The van der Waals surface area contributed by atoms with Crippen LogP contribution in [0.2, 0.25) is 0 Å². The van der Waals surface area contributed by atoms with Crippen LogP contribution in [-0.4, -0.2) is 9.78 Å². The van der Waals surface area contributed by atoms with E-state index in [9.17, 15) is 4.79 Å². The minimum Gasteiger partial charge on any atom is -0.266 e. The van der Waals surface area contributed by atoms with E-state index in [1.807, 2.05) is 45.0 Å². The molecule has 1 heterocycles. The largest absolute Gasteiger partial charge is 0.285 e. The van der Waals surface area contributed by atoms with Crippen LogP contribution in [-0.2, 0) is 6.54 Å². The Kier molecular flexibility index (Phi) is 3.71. The van der Waals surface area contributed by atoms with Crippen LogP contribution < -0.4 is 5.56 Å². The second-order valence-electron chi connectivity index (χ2n) is 5.09. The van der Waals surface area contributed by atoms with Gasteiger partial charge in [-0.3, -0.25) is 4.79 Å². The molecule has 1 aromatic carbocycles. The molecular formula is C16H17N3O. The maximum absolute atomic E-state index is 12.3. The summed E-state index contributed by atoms with van der Waals surface area (Å²) in [4.78, 5) is 12.3. The highest BCUT2D eigenvalue weighted by atomic mass is 16.1. The maximum atomic E-state index is 12.3. The number of hydrogen-bond acceptors (Lipinski definition) is 3. The molecule has 0 aliphatic heterocycles. The average Bonchev–Trinajstić information content (AvgIpc) is 2.41. The summed E-state index contributed by atoms with van der Waals surface area (Å²) in [5.41, 5.74) is 4.54. The van der Waals surface area contributed by atoms with E-state index in [0.29, 0.717) is 17.8 Å². The van der Waals surface area contributed by atoms with Gasteiger partial charge in [0.1, 0.15) is 11.6 Å². The molecule has 0 spiro atoms. The van der Waals surface area contributed by atoms with Gasteiger partial charge in [-0.05, 0) is 44.4 Å². The fraction of sp³-hybridized carbons (Fsp3) is 0.312. The Hall–Kier alpha value is -2.41. The van der Waals surface area contributed by atoms with Crippen molar-refractivity contribution in [3.05, 3.63) is 62.1 Å². The third-order valence-electron chi connectivity index (χ3n) is 3.57. The van der Waals surface area contributed by atoms with Crippen molar-refractivity contribution >= 4 is 0 Å². The average molecular weight is 267 g/mol. The van der Waals surface area contributed by atoms with E-state index in [1.54, 1.807) is 6.92 Å². The Morgan fingerprint density at radius 2 is 1.95 bits per heavy atom. The SMILES string of the molecule is Cc1ccc(C)c(Cn2nc(C)c(C)c(C#N)c2=O)c1. The third-order valence-corrected chi connectivity index (χ3v) is 3.57. The maximum Gasteiger partial charge on any atom is 0.285 e. The van der Waals surface area contributed by atoms with Gasteiger partial charge < -0.3 is 0 Å². The molecule has 20 heavy (non-hydrogen) atoms. The summed E-state index contributed by atoms with van der Waals surface area (Å²) in [6, 6.07) is 8.10. The van der Waals surface area contributed by atoms with E-state index in [1.165, 1.54) is 4.68 Å². The molecule has 4 heteroatoms. The Bertz CT molecular complexity index is 767. The standard InChI is InChI=1S/C16H17N3O/c1-10-5-6-11(2)14(7-10)9-19-16(20)15(8-17)12(3)13(4)18-19/h5-7H,9H2,1-4H3. The number of aromatic nitrogens is 2. The van der Waals surface area contributed by atoms with E-state index in [-0.39, 0.29) is 11.1 Å². The van der Waals surface area contributed by atoms with Gasteiger partial charge in [-0.15, -0.1) is 0 Å². The molecule has 0 aliphatic rings. The van der Waals surface area contributed by atoms with Crippen molar-refractivity contribution in [2.45, 2.75) is 34.2 Å². The van der Waals surface area contributed by atoms with Crippen LogP contribution in [0, 0.1) is 39.0 Å². The van der Waals surface area contributed by atoms with Crippen molar-refractivity contribution in [2.75, 3.05) is 0 Å². The molecule has 0 aliphatic carbocycles. The van der Waals surface area contributed by atoms with Crippen LogP contribution >= 0.6 is 0 Å². The number of rotatable bonds is 2. The van der Waals surface area contributed by atoms with Gasteiger partial charge in [0.2, 0.25) is 0 Å². The minimum atomic E-state index is -0.323. The van der Waals surface area contributed by atoms with Crippen molar-refractivity contribution in [3.63, 3.8) is 0 Å². The normalized spacial score (nSPS) is 10.3. The predicted molar refractivity (Wildman–Crippen MR) is 77.7 cm³/mol. The smallest absolute Gasteiger partial charge is 0.266 e. The van der Waals surface area contributed by atoms with Crippen molar-refractivity contribution in [3.8, 4) is 6.07 Å².